The maximum atomic E-state index is 12.3. The number of amides is 1. The SMILES string of the molecule is O=C(O)CCNN1C(=O)c2cccc3cccc1c23. The van der Waals surface area contributed by atoms with Gasteiger partial charge in [0.1, 0.15) is 0 Å². The monoisotopic (exact) mass is 256 g/mol. The van der Waals surface area contributed by atoms with Gasteiger partial charge in [0.25, 0.3) is 5.91 Å². The first-order valence-electron chi connectivity index (χ1n) is 6.00. The number of nitrogens with one attached hydrogen (secondary N) is 1. The highest BCUT2D eigenvalue weighted by molar-refractivity contribution is 6.24. The predicted molar refractivity (Wildman–Crippen MR) is 71.0 cm³/mol. The number of rotatable bonds is 4. The average molecular weight is 256 g/mol. The molecule has 0 atom stereocenters. The first-order valence-corrected chi connectivity index (χ1v) is 6.00. The van der Waals surface area contributed by atoms with Gasteiger partial charge in [-0.25, -0.2) is 10.4 Å². The van der Waals surface area contributed by atoms with E-state index in [0.717, 1.165) is 16.5 Å². The Morgan fingerprint density at radius 1 is 1.21 bits per heavy atom. The van der Waals surface area contributed by atoms with Crippen LogP contribution in [0.2, 0.25) is 0 Å². The number of carbonyl (C=O) groups excluding carboxylic acids is 1. The zero-order valence-electron chi connectivity index (χ0n) is 10.1. The number of carboxylic acids is 1. The standard InChI is InChI=1S/C14H12N2O3/c17-12(18)7-8-15-16-11-6-2-4-9-3-1-5-10(13(9)11)14(16)19/h1-6,15H,7-8H2,(H,17,18). The van der Waals surface area contributed by atoms with Crippen LogP contribution in [0.5, 0.6) is 0 Å². The number of hydrogen-bond donors (Lipinski definition) is 2. The van der Waals surface area contributed by atoms with E-state index in [4.69, 9.17) is 5.11 Å². The quantitative estimate of drug-likeness (QED) is 0.874. The first kappa shape index (κ1) is 11.7. The molecule has 0 radical (unpaired) electrons. The summed E-state index contributed by atoms with van der Waals surface area (Å²) >= 11 is 0. The van der Waals surface area contributed by atoms with Crippen molar-refractivity contribution in [3.63, 3.8) is 0 Å². The number of carbonyl (C=O) groups is 2. The highest BCUT2D eigenvalue weighted by atomic mass is 16.4. The zero-order chi connectivity index (χ0) is 13.4. The Bertz CT molecular complexity index is 676. The molecule has 5 nitrogen and oxygen atoms in total. The van der Waals surface area contributed by atoms with Gasteiger partial charge < -0.3 is 5.11 Å². The summed E-state index contributed by atoms with van der Waals surface area (Å²) in [6.07, 6.45) is -0.0316. The lowest BCUT2D eigenvalue weighted by atomic mass is 10.1. The molecule has 3 rings (SSSR count). The summed E-state index contributed by atoms with van der Waals surface area (Å²) in [6.45, 7) is 0.214. The molecule has 1 amide bonds. The van der Waals surface area contributed by atoms with Crippen LogP contribution in [0.1, 0.15) is 16.8 Å². The third kappa shape index (κ3) is 1.84. The second-order valence-electron chi connectivity index (χ2n) is 4.37. The Morgan fingerprint density at radius 3 is 2.68 bits per heavy atom. The van der Waals surface area contributed by atoms with E-state index < -0.39 is 5.97 Å². The summed E-state index contributed by atoms with van der Waals surface area (Å²) in [5.41, 5.74) is 4.30. The summed E-state index contributed by atoms with van der Waals surface area (Å²) in [5, 5.41) is 12.0. The molecule has 2 aromatic carbocycles. The van der Waals surface area contributed by atoms with Gasteiger partial charge in [0, 0.05) is 11.9 Å². The third-order valence-corrected chi connectivity index (χ3v) is 3.17. The minimum atomic E-state index is -0.894. The van der Waals surface area contributed by atoms with Crippen LogP contribution in [-0.2, 0) is 4.79 Å². The molecule has 1 aliphatic rings. The van der Waals surface area contributed by atoms with Gasteiger partial charge in [0.15, 0.2) is 0 Å². The Hall–Kier alpha value is -2.40. The van der Waals surface area contributed by atoms with Crippen molar-refractivity contribution in [1.82, 2.24) is 5.43 Å². The lowest BCUT2D eigenvalue weighted by Gasteiger charge is -2.18. The molecule has 0 spiro atoms. The van der Waals surface area contributed by atoms with E-state index in [1.54, 1.807) is 6.07 Å². The maximum Gasteiger partial charge on any atom is 0.304 e. The van der Waals surface area contributed by atoms with Crippen molar-refractivity contribution >= 4 is 28.3 Å². The van der Waals surface area contributed by atoms with Crippen molar-refractivity contribution in [3.05, 3.63) is 42.0 Å². The van der Waals surface area contributed by atoms with E-state index in [1.165, 1.54) is 5.01 Å². The largest absolute Gasteiger partial charge is 0.481 e. The van der Waals surface area contributed by atoms with Crippen LogP contribution in [0, 0.1) is 0 Å². The van der Waals surface area contributed by atoms with Gasteiger partial charge in [-0.15, -0.1) is 0 Å². The van der Waals surface area contributed by atoms with E-state index in [0.29, 0.717) is 5.56 Å². The number of carboxylic acid groups (broad SMARTS) is 1. The minimum Gasteiger partial charge on any atom is -0.481 e. The number of aliphatic carboxylic acids is 1. The fourth-order valence-corrected chi connectivity index (χ4v) is 2.35. The van der Waals surface area contributed by atoms with E-state index in [9.17, 15) is 9.59 Å². The molecule has 0 bridgehead atoms. The van der Waals surface area contributed by atoms with Crippen molar-refractivity contribution in [2.45, 2.75) is 6.42 Å². The molecule has 2 N–H and O–H groups in total. The summed E-state index contributed by atoms with van der Waals surface area (Å²) in [5.74, 6) is -1.04. The molecule has 0 saturated heterocycles. The topological polar surface area (TPSA) is 69.6 Å². The van der Waals surface area contributed by atoms with Crippen LogP contribution in [-0.4, -0.2) is 23.5 Å². The molecular formula is C14H12N2O3. The maximum absolute atomic E-state index is 12.3. The van der Waals surface area contributed by atoms with Crippen molar-refractivity contribution in [3.8, 4) is 0 Å². The lowest BCUT2D eigenvalue weighted by Crippen LogP contribution is -2.41. The van der Waals surface area contributed by atoms with Crippen LogP contribution in [0.15, 0.2) is 36.4 Å². The Morgan fingerprint density at radius 2 is 1.95 bits per heavy atom. The van der Waals surface area contributed by atoms with Gasteiger partial charge in [-0.05, 0) is 17.5 Å². The summed E-state index contributed by atoms with van der Waals surface area (Å²) in [7, 11) is 0. The predicted octanol–water partition coefficient (Wildman–Crippen LogP) is 1.78. The highest BCUT2D eigenvalue weighted by Crippen LogP contribution is 2.35. The smallest absolute Gasteiger partial charge is 0.304 e. The number of hydrogen-bond acceptors (Lipinski definition) is 3. The fourth-order valence-electron chi connectivity index (χ4n) is 2.35. The third-order valence-electron chi connectivity index (χ3n) is 3.17. The van der Waals surface area contributed by atoms with Gasteiger partial charge in [-0.1, -0.05) is 24.3 Å². The molecule has 1 aliphatic heterocycles. The van der Waals surface area contributed by atoms with Gasteiger partial charge in [0.2, 0.25) is 0 Å². The molecule has 19 heavy (non-hydrogen) atoms. The molecule has 0 aromatic heterocycles. The highest BCUT2D eigenvalue weighted by Gasteiger charge is 2.29. The first-order chi connectivity index (χ1) is 9.18. The van der Waals surface area contributed by atoms with Gasteiger partial charge in [-0.2, -0.15) is 0 Å². The van der Waals surface area contributed by atoms with Crippen LogP contribution >= 0.6 is 0 Å². The van der Waals surface area contributed by atoms with Crippen LogP contribution in [0.25, 0.3) is 10.8 Å². The van der Waals surface area contributed by atoms with E-state index in [2.05, 4.69) is 5.43 Å². The second kappa shape index (κ2) is 4.37. The van der Waals surface area contributed by atoms with E-state index in [-0.39, 0.29) is 18.9 Å². The second-order valence-corrected chi connectivity index (χ2v) is 4.37. The minimum absolute atomic E-state index is 0.0316. The molecule has 0 fully saturated rings. The van der Waals surface area contributed by atoms with Gasteiger partial charge in [-0.3, -0.25) is 9.59 Å². The molecule has 0 aliphatic carbocycles. The summed E-state index contributed by atoms with van der Waals surface area (Å²) in [4.78, 5) is 22.8. The molecule has 5 heteroatoms. The molecule has 96 valence electrons. The summed E-state index contributed by atoms with van der Waals surface area (Å²) in [6, 6.07) is 11.3. The summed E-state index contributed by atoms with van der Waals surface area (Å²) < 4.78 is 0. The normalized spacial score (nSPS) is 13.3. The van der Waals surface area contributed by atoms with E-state index in [1.807, 2.05) is 30.3 Å². The number of nitrogens with zero attached hydrogens (tertiary/aromatic N) is 1. The van der Waals surface area contributed by atoms with Gasteiger partial charge >= 0.3 is 5.97 Å². The van der Waals surface area contributed by atoms with Crippen LogP contribution in [0.4, 0.5) is 5.69 Å². The molecule has 2 aromatic rings. The molecule has 1 heterocycles. The van der Waals surface area contributed by atoms with Crippen molar-refractivity contribution in [2.75, 3.05) is 11.6 Å². The number of hydrazine groups is 1. The Balaban J connectivity index is 1.96. The number of benzene rings is 2. The van der Waals surface area contributed by atoms with Crippen LogP contribution in [0.3, 0.4) is 0 Å². The fraction of sp³-hybridized carbons (Fsp3) is 0.143. The van der Waals surface area contributed by atoms with Crippen molar-refractivity contribution < 1.29 is 14.7 Å². The van der Waals surface area contributed by atoms with Crippen LogP contribution < -0.4 is 10.4 Å². The molecule has 0 saturated carbocycles. The zero-order valence-corrected chi connectivity index (χ0v) is 10.1. The Kier molecular flexibility index (Phi) is 2.68. The van der Waals surface area contributed by atoms with Crippen molar-refractivity contribution in [1.29, 1.82) is 0 Å². The molecule has 0 unspecified atom stereocenters. The van der Waals surface area contributed by atoms with Crippen molar-refractivity contribution in [2.24, 2.45) is 0 Å². The molecular weight excluding hydrogens is 244 g/mol. The lowest BCUT2D eigenvalue weighted by molar-refractivity contribution is -0.136. The van der Waals surface area contributed by atoms with Gasteiger partial charge in [0.05, 0.1) is 17.7 Å². The average Bonchev–Trinajstić information content (AvgIpc) is 2.67. The van der Waals surface area contributed by atoms with E-state index >= 15 is 0 Å². The number of anilines is 1. The Labute approximate surface area is 109 Å².